The van der Waals surface area contributed by atoms with E-state index in [0.717, 1.165) is 34.6 Å². The topological polar surface area (TPSA) is 69.9 Å². The number of para-hydroxylation sites is 1. The highest BCUT2D eigenvalue weighted by atomic mass is 32.2. The van der Waals surface area contributed by atoms with Crippen LogP contribution in [-0.2, 0) is 4.79 Å². The van der Waals surface area contributed by atoms with E-state index in [1.165, 1.54) is 11.8 Å². The number of carbonyl (C=O) groups is 1. The van der Waals surface area contributed by atoms with Gasteiger partial charge in [0.2, 0.25) is 11.1 Å². The molecule has 0 saturated heterocycles. The summed E-state index contributed by atoms with van der Waals surface area (Å²) in [5.74, 6) is 0.750. The van der Waals surface area contributed by atoms with Crippen LogP contribution in [0.25, 0.3) is 11.3 Å². The number of amides is 1. The molecule has 30 heavy (non-hydrogen) atoms. The van der Waals surface area contributed by atoms with Gasteiger partial charge in [-0.3, -0.25) is 14.6 Å². The van der Waals surface area contributed by atoms with Crippen LogP contribution in [0.15, 0.2) is 52.4 Å². The smallest absolute Gasteiger partial charge is 0.291 e. The molecule has 0 spiro atoms. The van der Waals surface area contributed by atoms with Gasteiger partial charge < -0.3 is 0 Å². The predicted octanol–water partition coefficient (Wildman–Crippen LogP) is 3.76. The number of carbonyl (C=O) groups excluding carboxylic acids is 1. The Bertz CT molecular complexity index is 1190. The minimum absolute atomic E-state index is 0.101. The lowest BCUT2D eigenvalue weighted by molar-refractivity contribution is -0.763. The number of H-pyrrole nitrogens is 1. The Kier molecular flexibility index (Phi) is 5.47. The minimum Gasteiger partial charge on any atom is -0.291 e. The maximum atomic E-state index is 13.2. The van der Waals surface area contributed by atoms with Gasteiger partial charge in [-0.05, 0) is 48.7 Å². The molecule has 1 aromatic heterocycles. The van der Waals surface area contributed by atoms with Crippen molar-refractivity contribution in [2.75, 3.05) is 10.7 Å². The molecule has 1 N–H and O–H groups in total. The number of benzene rings is 2. The van der Waals surface area contributed by atoms with E-state index in [1.54, 1.807) is 16.5 Å². The molecule has 3 aromatic rings. The van der Waals surface area contributed by atoms with Gasteiger partial charge in [0.25, 0.3) is 6.17 Å². The van der Waals surface area contributed by atoms with Crippen molar-refractivity contribution >= 4 is 23.4 Å². The van der Waals surface area contributed by atoms with E-state index in [4.69, 9.17) is 5.10 Å². The summed E-state index contributed by atoms with van der Waals surface area (Å²) in [6.07, 6.45) is 0.439. The Hall–Kier alpha value is -2.93. The van der Waals surface area contributed by atoms with Gasteiger partial charge in [-0.2, -0.15) is 0 Å². The van der Waals surface area contributed by atoms with Crippen molar-refractivity contribution in [3.8, 4) is 11.3 Å². The lowest BCUT2D eigenvalue weighted by Crippen LogP contribution is -2.60. The van der Waals surface area contributed by atoms with Gasteiger partial charge in [-0.25, -0.2) is 4.90 Å². The second-order valence-corrected chi connectivity index (χ2v) is 8.62. The first kappa shape index (κ1) is 20.3. The first-order valence-electron chi connectivity index (χ1n) is 10.1. The fourth-order valence-electron chi connectivity index (χ4n) is 3.90. The fraction of sp³-hybridized carbons (Fsp3) is 0.304. The number of aryl methyl sites for hydroxylation is 2. The molecular formula is C23H25N4O2S+. The standard InChI is InChI=1S/C23H24N4O2S/c1-5-12-30-23-24-21(29)20-17-8-6-7-9-19(17)26(16(4)28)22(27(20)25-23)18-13-14(2)10-11-15(18)3/h6-11,13,22H,5,12H2,1-4H3/p+1/t22-/m0/s1. The molecule has 0 fully saturated rings. The van der Waals surface area contributed by atoms with Crippen LogP contribution in [0, 0.1) is 13.8 Å². The number of fused-ring (bicyclic) bond motifs is 3. The summed E-state index contributed by atoms with van der Waals surface area (Å²) in [5.41, 5.74) is 4.78. The molecule has 0 unspecified atom stereocenters. The molecular weight excluding hydrogens is 396 g/mol. The van der Waals surface area contributed by atoms with Crippen LogP contribution in [0.1, 0.15) is 43.1 Å². The number of hydrogen-bond acceptors (Lipinski definition) is 4. The number of nitrogens with one attached hydrogen (secondary N) is 1. The maximum Gasteiger partial charge on any atom is 0.325 e. The predicted molar refractivity (Wildman–Crippen MR) is 119 cm³/mol. The van der Waals surface area contributed by atoms with Crippen LogP contribution in [-0.4, -0.2) is 21.7 Å². The number of anilines is 1. The molecule has 6 nitrogen and oxygen atoms in total. The van der Waals surface area contributed by atoms with Crippen molar-refractivity contribution in [2.24, 2.45) is 0 Å². The van der Waals surface area contributed by atoms with E-state index < -0.39 is 6.17 Å². The summed E-state index contributed by atoms with van der Waals surface area (Å²) in [6.45, 7) is 7.69. The molecule has 7 heteroatoms. The molecule has 2 aromatic carbocycles. The van der Waals surface area contributed by atoms with Gasteiger partial charge >= 0.3 is 11.3 Å². The molecule has 1 atom stereocenters. The van der Waals surface area contributed by atoms with Crippen LogP contribution in [0.2, 0.25) is 0 Å². The zero-order valence-corrected chi connectivity index (χ0v) is 18.4. The normalized spacial score (nSPS) is 14.9. The summed E-state index contributed by atoms with van der Waals surface area (Å²) >= 11 is 1.51. The third-order valence-electron chi connectivity index (χ3n) is 5.25. The SMILES string of the molecule is CCCSc1n[n+]2c(c(=O)[nH]1)-c1ccccc1N(C(C)=O)[C@@H]2c1cc(C)ccc1C. The monoisotopic (exact) mass is 421 g/mol. The van der Waals surface area contributed by atoms with Crippen molar-refractivity contribution < 1.29 is 9.48 Å². The Morgan fingerprint density at radius 1 is 1.23 bits per heavy atom. The summed E-state index contributed by atoms with van der Waals surface area (Å²) < 4.78 is 1.72. The van der Waals surface area contributed by atoms with Gasteiger partial charge in [0.1, 0.15) is 0 Å². The molecule has 0 bridgehead atoms. The van der Waals surface area contributed by atoms with Crippen LogP contribution in [0.5, 0.6) is 0 Å². The molecule has 0 saturated carbocycles. The molecule has 1 aliphatic heterocycles. The number of hydrogen-bond donors (Lipinski definition) is 1. The quantitative estimate of drug-likeness (QED) is 0.514. The Morgan fingerprint density at radius 2 is 2.00 bits per heavy atom. The van der Waals surface area contributed by atoms with Crippen molar-refractivity contribution in [1.29, 1.82) is 0 Å². The summed E-state index contributed by atoms with van der Waals surface area (Å²) in [7, 11) is 0. The van der Waals surface area contributed by atoms with E-state index in [9.17, 15) is 9.59 Å². The maximum absolute atomic E-state index is 13.2. The van der Waals surface area contributed by atoms with E-state index in [-0.39, 0.29) is 11.5 Å². The van der Waals surface area contributed by atoms with E-state index in [1.807, 2.05) is 50.2 Å². The molecule has 0 radical (unpaired) electrons. The number of thioether (sulfide) groups is 1. The zero-order chi connectivity index (χ0) is 21.4. The highest BCUT2D eigenvalue weighted by Gasteiger charge is 2.45. The summed E-state index contributed by atoms with van der Waals surface area (Å²) in [5, 5.41) is 5.36. The third kappa shape index (κ3) is 3.43. The molecule has 154 valence electrons. The first-order chi connectivity index (χ1) is 14.4. The van der Waals surface area contributed by atoms with Crippen LogP contribution < -0.4 is 15.1 Å². The van der Waals surface area contributed by atoms with Crippen LogP contribution >= 0.6 is 11.8 Å². The Morgan fingerprint density at radius 3 is 2.73 bits per heavy atom. The van der Waals surface area contributed by atoms with Gasteiger partial charge in [0.15, 0.2) is 0 Å². The summed E-state index contributed by atoms with van der Waals surface area (Å²) in [6, 6.07) is 13.7. The average Bonchev–Trinajstić information content (AvgIpc) is 2.72. The second kappa shape index (κ2) is 8.07. The van der Waals surface area contributed by atoms with Gasteiger partial charge in [-0.15, -0.1) is 0 Å². The first-order valence-corrected chi connectivity index (χ1v) is 11.1. The van der Waals surface area contributed by atoms with E-state index in [0.29, 0.717) is 16.4 Å². The van der Waals surface area contributed by atoms with E-state index >= 15 is 0 Å². The number of rotatable bonds is 4. The Labute approximate surface area is 180 Å². The number of aromatic amines is 1. The lowest BCUT2D eigenvalue weighted by atomic mass is 9.97. The van der Waals surface area contributed by atoms with Gasteiger partial charge in [-0.1, -0.05) is 48.5 Å². The molecule has 1 amide bonds. The molecule has 1 aliphatic rings. The van der Waals surface area contributed by atoms with Gasteiger partial charge in [0, 0.05) is 23.3 Å². The van der Waals surface area contributed by atoms with Crippen molar-refractivity contribution in [2.45, 2.75) is 45.4 Å². The minimum atomic E-state index is -0.532. The van der Waals surface area contributed by atoms with Gasteiger partial charge in [0.05, 0.1) is 11.3 Å². The van der Waals surface area contributed by atoms with Crippen LogP contribution in [0.3, 0.4) is 0 Å². The fourth-order valence-corrected chi connectivity index (χ4v) is 4.60. The average molecular weight is 422 g/mol. The highest BCUT2D eigenvalue weighted by molar-refractivity contribution is 7.99. The van der Waals surface area contributed by atoms with E-state index in [2.05, 4.69) is 18.0 Å². The molecule has 0 aliphatic carbocycles. The Balaban J connectivity index is 2.06. The largest absolute Gasteiger partial charge is 0.325 e. The lowest BCUT2D eigenvalue weighted by Gasteiger charge is -2.32. The summed E-state index contributed by atoms with van der Waals surface area (Å²) in [4.78, 5) is 30.7. The highest BCUT2D eigenvalue weighted by Crippen LogP contribution is 2.38. The third-order valence-corrected chi connectivity index (χ3v) is 6.32. The van der Waals surface area contributed by atoms with Crippen molar-refractivity contribution in [3.63, 3.8) is 0 Å². The number of nitrogens with zero attached hydrogens (tertiary/aromatic N) is 3. The second-order valence-electron chi connectivity index (χ2n) is 7.54. The van der Waals surface area contributed by atoms with Crippen molar-refractivity contribution in [1.82, 2.24) is 10.1 Å². The van der Waals surface area contributed by atoms with Crippen molar-refractivity contribution in [3.05, 3.63) is 69.5 Å². The molecule has 2 heterocycles. The number of aromatic nitrogens is 3. The van der Waals surface area contributed by atoms with Crippen LogP contribution in [0.4, 0.5) is 5.69 Å². The molecule has 4 rings (SSSR count). The zero-order valence-electron chi connectivity index (χ0n) is 17.6.